The predicted molar refractivity (Wildman–Crippen MR) is 72.2 cm³/mol. The van der Waals surface area contributed by atoms with Crippen LogP contribution in [0.5, 0.6) is 5.75 Å². The highest BCUT2D eigenvalue weighted by atomic mass is 16.5. The van der Waals surface area contributed by atoms with E-state index in [1.165, 1.54) is 0 Å². The topological polar surface area (TPSA) is 50.1 Å². The van der Waals surface area contributed by atoms with Gasteiger partial charge < -0.3 is 4.74 Å². The summed E-state index contributed by atoms with van der Waals surface area (Å²) < 4.78 is 5.39. The van der Waals surface area contributed by atoms with Crippen LogP contribution in [-0.4, -0.2) is 12.4 Å². The van der Waals surface area contributed by atoms with Gasteiger partial charge in [-0.3, -0.25) is 4.79 Å². The van der Waals surface area contributed by atoms with Gasteiger partial charge in [-0.2, -0.15) is 5.26 Å². The number of rotatable bonds is 4. The molecule has 19 heavy (non-hydrogen) atoms. The number of nitrogens with zero attached hydrogens (tertiary/aromatic N) is 1. The first-order chi connectivity index (χ1) is 9.19. The number of hydrogen-bond acceptors (Lipinski definition) is 3. The van der Waals surface area contributed by atoms with Crippen molar-refractivity contribution in [2.45, 2.75) is 6.92 Å². The quantitative estimate of drug-likeness (QED) is 0.784. The molecule has 2 rings (SSSR count). The zero-order valence-electron chi connectivity index (χ0n) is 10.6. The summed E-state index contributed by atoms with van der Waals surface area (Å²) in [4.78, 5) is 11.9. The average molecular weight is 251 g/mol. The van der Waals surface area contributed by atoms with E-state index >= 15 is 0 Å². The molecule has 0 aliphatic carbocycles. The molecule has 0 fully saturated rings. The Hall–Kier alpha value is -2.60. The standard InChI is InChI=1S/C16H13NO2/c1-12-2-6-14(7-3-12)16(18)11-19-15-8-4-13(10-17)5-9-15/h2-9H,11H2,1H3. The Morgan fingerprint density at radius 3 is 2.32 bits per heavy atom. The molecule has 0 aromatic heterocycles. The second-order valence-corrected chi connectivity index (χ2v) is 4.21. The van der Waals surface area contributed by atoms with Gasteiger partial charge in [0.1, 0.15) is 5.75 Å². The molecule has 0 amide bonds. The van der Waals surface area contributed by atoms with Gasteiger partial charge in [0, 0.05) is 5.56 Å². The summed E-state index contributed by atoms with van der Waals surface area (Å²) >= 11 is 0. The molecule has 0 atom stereocenters. The molecule has 2 aromatic carbocycles. The molecule has 2 aromatic rings. The van der Waals surface area contributed by atoms with Crippen molar-refractivity contribution in [3.63, 3.8) is 0 Å². The van der Waals surface area contributed by atoms with Crippen molar-refractivity contribution in [3.8, 4) is 11.8 Å². The number of carbonyl (C=O) groups is 1. The van der Waals surface area contributed by atoms with Crippen LogP contribution in [0.4, 0.5) is 0 Å². The van der Waals surface area contributed by atoms with Gasteiger partial charge in [0.2, 0.25) is 0 Å². The van der Waals surface area contributed by atoms with E-state index in [4.69, 9.17) is 10.00 Å². The number of hydrogen-bond donors (Lipinski definition) is 0. The molecule has 3 heteroatoms. The first-order valence-electron chi connectivity index (χ1n) is 5.92. The largest absolute Gasteiger partial charge is 0.485 e. The fourth-order valence-electron chi connectivity index (χ4n) is 1.60. The molecule has 0 unspecified atom stereocenters. The second-order valence-electron chi connectivity index (χ2n) is 4.21. The average Bonchev–Trinajstić information content (AvgIpc) is 2.46. The van der Waals surface area contributed by atoms with Gasteiger partial charge in [-0.05, 0) is 31.2 Å². The maximum absolute atomic E-state index is 11.9. The Labute approximate surface area is 112 Å². The number of aryl methyl sites for hydroxylation is 1. The summed E-state index contributed by atoms with van der Waals surface area (Å²) in [5.41, 5.74) is 2.32. The minimum atomic E-state index is -0.0654. The molecule has 0 radical (unpaired) electrons. The van der Waals surface area contributed by atoms with Crippen molar-refractivity contribution in [1.82, 2.24) is 0 Å². The van der Waals surface area contributed by atoms with Crippen molar-refractivity contribution in [1.29, 1.82) is 5.26 Å². The van der Waals surface area contributed by atoms with Crippen LogP contribution in [0.2, 0.25) is 0 Å². The lowest BCUT2D eigenvalue weighted by atomic mass is 10.1. The van der Waals surface area contributed by atoms with E-state index in [0.29, 0.717) is 16.9 Å². The highest BCUT2D eigenvalue weighted by Gasteiger charge is 2.06. The van der Waals surface area contributed by atoms with Gasteiger partial charge in [-0.25, -0.2) is 0 Å². The first-order valence-corrected chi connectivity index (χ1v) is 5.92. The van der Waals surface area contributed by atoms with Crippen molar-refractivity contribution in [2.24, 2.45) is 0 Å². The molecule has 0 N–H and O–H groups in total. The van der Waals surface area contributed by atoms with E-state index in [1.807, 2.05) is 25.1 Å². The molecule has 0 saturated heterocycles. The van der Waals surface area contributed by atoms with Crippen LogP contribution in [0.25, 0.3) is 0 Å². The molecule has 0 aliphatic rings. The van der Waals surface area contributed by atoms with Gasteiger partial charge in [-0.1, -0.05) is 29.8 Å². The third-order valence-corrected chi connectivity index (χ3v) is 2.73. The maximum Gasteiger partial charge on any atom is 0.200 e. The van der Waals surface area contributed by atoms with Crippen molar-refractivity contribution in [3.05, 3.63) is 65.2 Å². The summed E-state index contributed by atoms with van der Waals surface area (Å²) in [5.74, 6) is 0.517. The zero-order chi connectivity index (χ0) is 13.7. The van der Waals surface area contributed by atoms with Gasteiger partial charge in [0.05, 0.1) is 11.6 Å². The van der Waals surface area contributed by atoms with Crippen molar-refractivity contribution in [2.75, 3.05) is 6.61 Å². The highest BCUT2D eigenvalue weighted by molar-refractivity contribution is 5.97. The van der Waals surface area contributed by atoms with Crippen LogP contribution in [0.3, 0.4) is 0 Å². The summed E-state index contributed by atoms with van der Waals surface area (Å²) in [6.07, 6.45) is 0. The van der Waals surface area contributed by atoms with Crippen molar-refractivity contribution < 1.29 is 9.53 Å². The van der Waals surface area contributed by atoms with Gasteiger partial charge in [-0.15, -0.1) is 0 Å². The zero-order valence-corrected chi connectivity index (χ0v) is 10.6. The Morgan fingerprint density at radius 2 is 1.74 bits per heavy atom. The van der Waals surface area contributed by atoms with E-state index in [0.717, 1.165) is 5.56 Å². The molecule has 0 bridgehead atoms. The SMILES string of the molecule is Cc1ccc(C(=O)COc2ccc(C#N)cc2)cc1. The molecule has 0 heterocycles. The lowest BCUT2D eigenvalue weighted by Crippen LogP contribution is -2.11. The lowest BCUT2D eigenvalue weighted by molar-refractivity contribution is 0.0921. The third-order valence-electron chi connectivity index (χ3n) is 2.73. The van der Waals surface area contributed by atoms with Crippen LogP contribution in [-0.2, 0) is 0 Å². The Balaban J connectivity index is 1.96. The summed E-state index contributed by atoms with van der Waals surface area (Å²) in [7, 11) is 0. The number of carbonyl (C=O) groups excluding carboxylic acids is 1. The van der Waals surface area contributed by atoms with Crippen LogP contribution >= 0.6 is 0 Å². The minimum absolute atomic E-state index is 0.00500. The van der Waals surface area contributed by atoms with E-state index in [-0.39, 0.29) is 12.4 Å². The molecular weight excluding hydrogens is 238 g/mol. The maximum atomic E-state index is 11.9. The Morgan fingerprint density at radius 1 is 1.11 bits per heavy atom. The van der Waals surface area contributed by atoms with E-state index < -0.39 is 0 Å². The smallest absolute Gasteiger partial charge is 0.200 e. The fourth-order valence-corrected chi connectivity index (χ4v) is 1.60. The predicted octanol–water partition coefficient (Wildman–Crippen LogP) is 3.13. The van der Waals surface area contributed by atoms with Gasteiger partial charge in [0.25, 0.3) is 0 Å². The Kier molecular flexibility index (Phi) is 3.94. The fraction of sp³-hybridized carbons (Fsp3) is 0.125. The molecule has 3 nitrogen and oxygen atoms in total. The summed E-state index contributed by atoms with van der Waals surface area (Å²) in [5, 5.41) is 8.67. The number of ether oxygens (including phenoxy) is 1. The van der Waals surface area contributed by atoms with E-state index in [9.17, 15) is 4.79 Å². The number of benzene rings is 2. The third kappa shape index (κ3) is 3.43. The van der Waals surface area contributed by atoms with Crippen LogP contribution in [0, 0.1) is 18.3 Å². The second kappa shape index (κ2) is 5.83. The first kappa shape index (κ1) is 12.8. The van der Waals surface area contributed by atoms with E-state index in [2.05, 4.69) is 0 Å². The Bertz CT molecular complexity index is 607. The molecule has 0 saturated carbocycles. The number of Topliss-reactive ketones (excluding diaryl/α,β-unsaturated/α-hetero) is 1. The molecule has 94 valence electrons. The normalized spacial score (nSPS) is 9.68. The van der Waals surface area contributed by atoms with Crippen LogP contribution < -0.4 is 4.74 Å². The summed E-state index contributed by atoms with van der Waals surface area (Å²) in [6.45, 7) is 1.97. The monoisotopic (exact) mass is 251 g/mol. The number of ketones is 1. The minimum Gasteiger partial charge on any atom is -0.485 e. The lowest BCUT2D eigenvalue weighted by Gasteiger charge is -2.05. The van der Waals surface area contributed by atoms with Crippen LogP contribution in [0.1, 0.15) is 21.5 Å². The van der Waals surface area contributed by atoms with Crippen LogP contribution in [0.15, 0.2) is 48.5 Å². The number of nitriles is 1. The van der Waals surface area contributed by atoms with Gasteiger partial charge in [0.15, 0.2) is 12.4 Å². The molecule has 0 aliphatic heterocycles. The van der Waals surface area contributed by atoms with Gasteiger partial charge >= 0.3 is 0 Å². The highest BCUT2D eigenvalue weighted by Crippen LogP contribution is 2.12. The summed E-state index contributed by atoms with van der Waals surface area (Å²) in [6, 6.07) is 16.1. The molecular formula is C16H13NO2. The van der Waals surface area contributed by atoms with E-state index in [1.54, 1.807) is 36.4 Å². The molecule has 0 spiro atoms. The van der Waals surface area contributed by atoms with Crippen molar-refractivity contribution >= 4 is 5.78 Å².